The summed E-state index contributed by atoms with van der Waals surface area (Å²) in [4.78, 5) is 0. The highest BCUT2D eigenvalue weighted by Gasteiger charge is 2.00. The van der Waals surface area contributed by atoms with Crippen molar-refractivity contribution in [1.82, 2.24) is 0 Å². The molecule has 0 saturated carbocycles. The van der Waals surface area contributed by atoms with Crippen molar-refractivity contribution in [2.24, 2.45) is 0 Å². The summed E-state index contributed by atoms with van der Waals surface area (Å²) in [5.74, 6) is 0. The van der Waals surface area contributed by atoms with Crippen LogP contribution in [0.15, 0.2) is 12.2 Å². The lowest BCUT2D eigenvalue weighted by atomic mass is 10.0. The third-order valence-electron chi connectivity index (χ3n) is 4.72. The van der Waals surface area contributed by atoms with Crippen LogP contribution in [0.3, 0.4) is 0 Å². The van der Waals surface area contributed by atoms with Crippen LogP contribution in [-0.2, 0) is 4.74 Å². The molecule has 0 aromatic heterocycles. The van der Waals surface area contributed by atoms with Gasteiger partial charge in [0.1, 0.15) is 0 Å². The molecule has 25 heavy (non-hydrogen) atoms. The monoisotopic (exact) mass is 356 g/mol. The molecule has 0 aliphatic carbocycles. The number of unbranched alkanes of at least 4 members (excludes halogenated alkanes) is 11. The van der Waals surface area contributed by atoms with E-state index in [1.165, 1.54) is 77.0 Å². The number of ether oxygens (including phenoxy) is 1. The molecule has 2 N–H and O–H groups in total. The second kappa shape index (κ2) is 19.9. The standard InChI is InChI=1S/C22H44O3/c1-3-25-21(2)17-15-13-11-9-7-5-4-6-8-10-12-14-16-18-22(24)19-20-23/h16,18,21-24H,3-15,17,19-20H2,1-2H3. The predicted molar refractivity (Wildman–Crippen MR) is 108 cm³/mol. The van der Waals surface area contributed by atoms with Crippen LogP contribution >= 0.6 is 0 Å². The fourth-order valence-electron chi connectivity index (χ4n) is 3.13. The van der Waals surface area contributed by atoms with E-state index in [-0.39, 0.29) is 6.61 Å². The van der Waals surface area contributed by atoms with Gasteiger partial charge in [-0.2, -0.15) is 0 Å². The Balaban J connectivity index is 3.14. The first-order valence-electron chi connectivity index (χ1n) is 10.8. The summed E-state index contributed by atoms with van der Waals surface area (Å²) in [7, 11) is 0. The normalized spacial score (nSPS) is 14.2. The molecule has 0 aromatic rings. The fourth-order valence-corrected chi connectivity index (χ4v) is 3.13. The molecule has 0 amide bonds. The quantitative estimate of drug-likeness (QED) is 0.228. The molecule has 0 aliphatic rings. The van der Waals surface area contributed by atoms with Crippen molar-refractivity contribution in [2.45, 2.75) is 116 Å². The number of rotatable bonds is 19. The van der Waals surface area contributed by atoms with Gasteiger partial charge >= 0.3 is 0 Å². The zero-order valence-electron chi connectivity index (χ0n) is 16.9. The predicted octanol–water partition coefficient (Wildman–Crippen LogP) is 5.78. The van der Waals surface area contributed by atoms with Gasteiger partial charge in [0.2, 0.25) is 0 Å². The van der Waals surface area contributed by atoms with Crippen LogP contribution in [0.5, 0.6) is 0 Å². The Morgan fingerprint density at radius 1 is 0.800 bits per heavy atom. The molecule has 0 heterocycles. The molecule has 0 spiro atoms. The minimum atomic E-state index is -0.474. The number of hydrogen-bond acceptors (Lipinski definition) is 3. The van der Waals surface area contributed by atoms with Gasteiger partial charge < -0.3 is 14.9 Å². The van der Waals surface area contributed by atoms with Crippen LogP contribution in [-0.4, -0.2) is 35.6 Å². The fraction of sp³-hybridized carbons (Fsp3) is 0.909. The molecule has 0 bridgehead atoms. The molecule has 0 aromatic carbocycles. The molecule has 0 rings (SSSR count). The second-order valence-electron chi connectivity index (χ2n) is 7.24. The van der Waals surface area contributed by atoms with E-state index >= 15 is 0 Å². The van der Waals surface area contributed by atoms with Gasteiger partial charge in [0.05, 0.1) is 12.2 Å². The minimum Gasteiger partial charge on any atom is -0.396 e. The van der Waals surface area contributed by atoms with Crippen LogP contribution < -0.4 is 0 Å². The first-order valence-corrected chi connectivity index (χ1v) is 10.8. The van der Waals surface area contributed by atoms with Gasteiger partial charge in [0.15, 0.2) is 0 Å². The second-order valence-corrected chi connectivity index (χ2v) is 7.24. The van der Waals surface area contributed by atoms with E-state index in [9.17, 15) is 5.11 Å². The van der Waals surface area contributed by atoms with Crippen LogP contribution in [0.2, 0.25) is 0 Å². The number of hydrogen-bond donors (Lipinski definition) is 2. The summed E-state index contributed by atoms with van der Waals surface area (Å²) in [6.45, 7) is 5.14. The molecule has 0 saturated heterocycles. The van der Waals surface area contributed by atoms with Crippen molar-refractivity contribution in [2.75, 3.05) is 13.2 Å². The summed E-state index contributed by atoms with van der Waals surface area (Å²) in [5.41, 5.74) is 0. The molecule has 0 radical (unpaired) electrons. The van der Waals surface area contributed by atoms with E-state index in [4.69, 9.17) is 9.84 Å². The van der Waals surface area contributed by atoms with Gasteiger partial charge in [-0.3, -0.25) is 0 Å². The van der Waals surface area contributed by atoms with Crippen molar-refractivity contribution in [1.29, 1.82) is 0 Å². The number of aliphatic hydroxyl groups is 2. The summed E-state index contributed by atoms with van der Waals surface area (Å²) in [5, 5.41) is 18.1. The first kappa shape index (κ1) is 24.6. The van der Waals surface area contributed by atoms with Crippen molar-refractivity contribution < 1.29 is 14.9 Å². The van der Waals surface area contributed by atoms with Gasteiger partial charge in [-0.25, -0.2) is 0 Å². The highest BCUT2D eigenvalue weighted by molar-refractivity contribution is 4.88. The molecular formula is C22H44O3. The Morgan fingerprint density at radius 3 is 1.84 bits per heavy atom. The Morgan fingerprint density at radius 2 is 1.32 bits per heavy atom. The zero-order valence-corrected chi connectivity index (χ0v) is 16.9. The average molecular weight is 357 g/mol. The van der Waals surface area contributed by atoms with Gasteiger partial charge in [0, 0.05) is 13.2 Å². The van der Waals surface area contributed by atoms with Crippen molar-refractivity contribution in [3.8, 4) is 0 Å². The van der Waals surface area contributed by atoms with E-state index < -0.39 is 6.10 Å². The van der Waals surface area contributed by atoms with Crippen LogP contribution in [0.4, 0.5) is 0 Å². The Bertz CT molecular complexity index is 278. The highest BCUT2D eigenvalue weighted by atomic mass is 16.5. The van der Waals surface area contributed by atoms with Crippen LogP contribution in [0.1, 0.15) is 104 Å². The topological polar surface area (TPSA) is 49.7 Å². The molecule has 2 unspecified atom stereocenters. The van der Waals surface area contributed by atoms with Crippen molar-refractivity contribution in [3.05, 3.63) is 12.2 Å². The number of allylic oxidation sites excluding steroid dienone is 1. The highest BCUT2D eigenvalue weighted by Crippen LogP contribution is 2.13. The molecule has 3 heteroatoms. The molecule has 3 nitrogen and oxygen atoms in total. The van der Waals surface area contributed by atoms with E-state index in [1.807, 2.05) is 6.08 Å². The lowest BCUT2D eigenvalue weighted by Gasteiger charge is -2.10. The van der Waals surface area contributed by atoms with E-state index in [0.29, 0.717) is 12.5 Å². The molecular weight excluding hydrogens is 312 g/mol. The average Bonchev–Trinajstić information content (AvgIpc) is 2.58. The van der Waals surface area contributed by atoms with Gasteiger partial charge in [-0.05, 0) is 39.5 Å². The summed E-state index contributed by atoms with van der Waals surface area (Å²) >= 11 is 0. The number of aliphatic hydroxyl groups excluding tert-OH is 2. The van der Waals surface area contributed by atoms with E-state index in [0.717, 1.165) is 13.0 Å². The first-order chi connectivity index (χ1) is 12.2. The Labute approximate surface area is 156 Å². The summed E-state index contributed by atoms with van der Waals surface area (Å²) < 4.78 is 5.55. The van der Waals surface area contributed by atoms with Gasteiger partial charge in [-0.15, -0.1) is 0 Å². The van der Waals surface area contributed by atoms with Crippen molar-refractivity contribution >= 4 is 0 Å². The SMILES string of the molecule is CCOC(C)CCCCCCCCCCCCCC=CC(O)CCO. The molecule has 150 valence electrons. The maximum absolute atomic E-state index is 9.43. The summed E-state index contributed by atoms with van der Waals surface area (Å²) in [6.07, 6.45) is 21.3. The Hall–Kier alpha value is -0.380. The lowest BCUT2D eigenvalue weighted by molar-refractivity contribution is 0.0683. The zero-order chi connectivity index (χ0) is 18.6. The smallest absolute Gasteiger partial charge is 0.0742 e. The molecule has 0 fully saturated rings. The summed E-state index contributed by atoms with van der Waals surface area (Å²) in [6, 6.07) is 0. The molecule has 0 aliphatic heterocycles. The van der Waals surface area contributed by atoms with E-state index in [1.54, 1.807) is 0 Å². The van der Waals surface area contributed by atoms with E-state index in [2.05, 4.69) is 19.9 Å². The van der Waals surface area contributed by atoms with Gasteiger partial charge in [0.25, 0.3) is 0 Å². The third-order valence-corrected chi connectivity index (χ3v) is 4.72. The van der Waals surface area contributed by atoms with Crippen molar-refractivity contribution in [3.63, 3.8) is 0 Å². The Kier molecular flexibility index (Phi) is 19.6. The minimum absolute atomic E-state index is 0.0542. The molecule has 2 atom stereocenters. The van der Waals surface area contributed by atoms with Crippen LogP contribution in [0, 0.1) is 0 Å². The third kappa shape index (κ3) is 19.8. The largest absolute Gasteiger partial charge is 0.396 e. The van der Waals surface area contributed by atoms with Crippen LogP contribution in [0.25, 0.3) is 0 Å². The lowest BCUT2D eigenvalue weighted by Crippen LogP contribution is -2.07. The van der Waals surface area contributed by atoms with Gasteiger partial charge in [-0.1, -0.05) is 76.4 Å². The maximum Gasteiger partial charge on any atom is 0.0742 e. The maximum atomic E-state index is 9.43.